The van der Waals surface area contributed by atoms with Gasteiger partial charge in [0.15, 0.2) is 0 Å². The maximum atomic E-state index is 5.07. The molecule has 0 atom stereocenters. The third-order valence-corrected chi connectivity index (χ3v) is 21.7. The van der Waals surface area contributed by atoms with Crippen LogP contribution in [0.15, 0.2) is 328 Å². The van der Waals surface area contributed by atoms with Gasteiger partial charge in [0.05, 0.1) is 22.1 Å². The Morgan fingerprint density at radius 1 is 0.200 bits per heavy atom. The van der Waals surface area contributed by atoms with Crippen molar-refractivity contribution in [3.63, 3.8) is 0 Å². The number of imidazole rings is 2. The molecule has 0 bridgehead atoms. The highest BCUT2D eigenvalue weighted by atomic mass is 15.1. The van der Waals surface area contributed by atoms with E-state index in [2.05, 4.69) is 351 Å². The predicted molar refractivity (Wildman–Crippen MR) is 426 cm³/mol. The van der Waals surface area contributed by atoms with Crippen LogP contribution in [-0.2, 0) is 0 Å². The van der Waals surface area contributed by atoms with Crippen LogP contribution in [0, 0.1) is 13.8 Å². The lowest BCUT2D eigenvalue weighted by Crippen LogP contribution is -1.97. The second-order valence-electron chi connectivity index (χ2n) is 27.1. The van der Waals surface area contributed by atoms with E-state index < -0.39 is 0 Å². The summed E-state index contributed by atoms with van der Waals surface area (Å²) in [6.07, 6.45) is 0. The zero-order chi connectivity index (χ0) is 65.8. The van der Waals surface area contributed by atoms with Crippen molar-refractivity contribution in [2.24, 2.45) is 0 Å². The Bertz CT molecular complexity index is 7050. The van der Waals surface area contributed by atoms with Gasteiger partial charge in [-0.2, -0.15) is 0 Å². The van der Waals surface area contributed by atoms with Crippen molar-refractivity contribution in [1.29, 1.82) is 0 Å². The van der Waals surface area contributed by atoms with Crippen LogP contribution in [0.2, 0.25) is 0 Å². The van der Waals surface area contributed by atoms with Crippen LogP contribution in [0.5, 0.6) is 0 Å². The Kier molecular flexibility index (Phi) is 12.2. The van der Waals surface area contributed by atoms with E-state index in [-0.39, 0.29) is 0 Å². The van der Waals surface area contributed by atoms with Gasteiger partial charge in [-0.05, 0) is 248 Å². The first-order valence-electron chi connectivity index (χ1n) is 34.6. The van der Waals surface area contributed by atoms with Crippen molar-refractivity contribution in [3.8, 4) is 55.9 Å². The largest absolute Gasteiger partial charge is 0.297 e. The lowest BCUT2D eigenvalue weighted by Gasteiger charge is -2.15. The molecule has 0 fully saturated rings. The van der Waals surface area contributed by atoms with Crippen molar-refractivity contribution in [2.75, 3.05) is 0 Å². The SMILES string of the molecule is Cc1nc2cc(-c3ccc4c5ccccc5c5ccccc5c4c3)ccc2n1-c1ccc(-c2ccc3c4ccccc4c4ccccc4c3c2)cc1.Cc1nc2cc(-c3ccc4ccc5cccc6ccc3c4c56)ccc2n1-c1ccc(-c2ccc3ccc4cccc5ccc2c3c45)cc1. The Morgan fingerprint density at radius 3 is 0.920 bits per heavy atom. The molecule has 4 heteroatoms. The van der Waals surface area contributed by atoms with Crippen LogP contribution in [0.25, 0.3) is 207 Å². The molecule has 100 heavy (non-hydrogen) atoms. The average molecular weight is 1270 g/mol. The standard InChI is InChI=1S/C50H32N2.C46H28N2/c1-31-51-49-30-35(34-21-26-46-42-15-5-3-11-38(42)40-13-7-9-17-44(40)48(46)29-34)22-27-50(49)52(31)36-23-18-32(19-24-36)33-20-25-45-41-14-4-2-10-37(41)39-12-6-8-16-43(39)47(45)28-33;1-27-47-41-26-35(38-22-15-34-11-9-30-5-3-7-32-17-24-40(38)46(34)44(30)32)18-25-42(41)48(27)36-19-12-28(13-20-36)37-21-14-33-10-8-29-4-2-6-31-16-23-39(37)45(33)43(29)31/h2-30H,1H3;2-26H,1H3. The fourth-order valence-corrected chi connectivity index (χ4v) is 17.1. The van der Waals surface area contributed by atoms with Crippen molar-refractivity contribution in [1.82, 2.24) is 19.1 Å². The van der Waals surface area contributed by atoms with E-state index >= 15 is 0 Å². The van der Waals surface area contributed by atoms with Gasteiger partial charge in [0, 0.05) is 11.4 Å². The van der Waals surface area contributed by atoms with Crippen molar-refractivity contribution in [3.05, 3.63) is 339 Å². The first-order chi connectivity index (χ1) is 49.4. The number of hydrogen-bond donors (Lipinski definition) is 0. The molecule has 2 aromatic heterocycles. The molecule has 22 rings (SSSR count). The molecule has 0 saturated carbocycles. The van der Waals surface area contributed by atoms with E-state index in [1.165, 1.54) is 174 Å². The minimum atomic E-state index is 0.972. The molecule has 0 aliphatic carbocycles. The van der Waals surface area contributed by atoms with Gasteiger partial charge in [0.2, 0.25) is 0 Å². The summed E-state index contributed by atoms with van der Waals surface area (Å²) in [5, 5.41) is 31.2. The molecular weight excluding hydrogens is 1210 g/mol. The predicted octanol–water partition coefficient (Wildman–Crippen LogP) is 26.0. The van der Waals surface area contributed by atoms with Gasteiger partial charge in [-0.1, -0.05) is 267 Å². The maximum absolute atomic E-state index is 5.07. The lowest BCUT2D eigenvalue weighted by atomic mass is 9.90. The number of aromatic nitrogens is 4. The second kappa shape index (κ2) is 21.7. The molecule has 22 aromatic rings. The minimum Gasteiger partial charge on any atom is -0.297 e. The summed E-state index contributed by atoms with van der Waals surface area (Å²) in [7, 11) is 0. The summed E-state index contributed by atoms with van der Waals surface area (Å²) in [4.78, 5) is 10.1. The van der Waals surface area contributed by atoms with Gasteiger partial charge >= 0.3 is 0 Å². The van der Waals surface area contributed by atoms with Crippen molar-refractivity contribution < 1.29 is 0 Å². The Hall–Kier alpha value is -13.0. The number of aryl methyl sites for hydroxylation is 2. The van der Waals surface area contributed by atoms with Crippen LogP contribution in [0.3, 0.4) is 0 Å². The molecule has 20 aromatic carbocycles. The van der Waals surface area contributed by atoms with Crippen LogP contribution < -0.4 is 0 Å². The molecular formula is C96H60N4. The Morgan fingerprint density at radius 2 is 0.490 bits per heavy atom. The molecule has 0 aliphatic rings. The molecule has 0 radical (unpaired) electrons. The highest BCUT2D eigenvalue weighted by Crippen LogP contribution is 2.45. The van der Waals surface area contributed by atoms with Gasteiger partial charge in [0.25, 0.3) is 0 Å². The third kappa shape index (κ3) is 8.54. The fraction of sp³-hybridized carbons (Fsp3) is 0.0208. The molecule has 2 heterocycles. The molecule has 464 valence electrons. The summed E-state index contributed by atoms with van der Waals surface area (Å²) in [6.45, 7) is 4.20. The van der Waals surface area contributed by atoms with Crippen LogP contribution in [-0.4, -0.2) is 19.1 Å². The van der Waals surface area contributed by atoms with E-state index in [0.29, 0.717) is 0 Å². The number of benzene rings is 20. The summed E-state index contributed by atoms with van der Waals surface area (Å²) < 4.78 is 4.54. The molecule has 4 nitrogen and oxygen atoms in total. The molecule has 0 N–H and O–H groups in total. The summed E-state index contributed by atoms with van der Waals surface area (Å²) in [6, 6.07) is 120. The molecule has 0 spiro atoms. The van der Waals surface area contributed by atoms with Crippen LogP contribution >= 0.6 is 0 Å². The monoisotopic (exact) mass is 1270 g/mol. The summed E-state index contributed by atoms with van der Waals surface area (Å²) >= 11 is 0. The smallest absolute Gasteiger partial charge is 0.111 e. The first kappa shape index (κ1) is 56.2. The van der Waals surface area contributed by atoms with Gasteiger partial charge in [-0.25, -0.2) is 9.97 Å². The Balaban J connectivity index is 0.000000131. The van der Waals surface area contributed by atoms with Gasteiger partial charge < -0.3 is 0 Å². The maximum Gasteiger partial charge on any atom is 0.111 e. The first-order valence-corrected chi connectivity index (χ1v) is 34.6. The van der Waals surface area contributed by atoms with Crippen LogP contribution in [0.4, 0.5) is 0 Å². The topological polar surface area (TPSA) is 35.6 Å². The highest BCUT2D eigenvalue weighted by molar-refractivity contribution is 6.29. The number of hydrogen-bond acceptors (Lipinski definition) is 2. The lowest BCUT2D eigenvalue weighted by molar-refractivity contribution is 1.00. The number of fused-ring (bicyclic) bond motifs is 14. The van der Waals surface area contributed by atoms with E-state index in [0.717, 1.165) is 45.1 Å². The fourth-order valence-electron chi connectivity index (χ4n) is 17.1. The third-order valence-electron chi connectivity index (χ3n) is 21.7. The van der Waals surface area contributed by atoms with Crippen molar-refractivity contribution in [2.45, 2.75) is 13.8 Å². The Labute approximate surface area is 575 Å². The average Bonchev–Trinajstić information content (AvgIpc) is 0.931. The zero-order valence-corrected chi connectivity index (χ0v) is 55.0. The molecule has 0 saturated heterocycles. The van der Waals surface area contributed by atoms with E-state index in [1.807, 2.05) is 0 Å². The van der Waals surface area contributed by atoms with Gasteiger partial charge in [-0.3, -0.25) is 9.13 Å². The quantitative estimate of drug-likeness (QED) is 0.156. The van der Waals surface area contributed by atoms with E-state index in [4.69, 9.17) is 9.97 Å². The normalized spacial score (nSPS) is 12.1. The number of rotatable bonds is 6. The zero-order valence-electron chi connectivity index (χ0n) is 55.0. The van der Waals surface area contributed by atoms with E-state index in [9.17, 15) is 0 Å². The summed E-state index contributed by atoms with van der Waals surface area (Å²) in [5.74, 6) is 1.95. The van der Waals surface area contributed by atoms with Gasteiger partial charge in [-0.15, -0.1) is 0 Å². The summed E-state index contributed by atoms with van der Waals surface area (Å²) in [5.41, 5.74) is 16.1. The minimum absolute atomic E-state index is 0.972. The second-order valence-corrected chi connectivity index (χ2v) is 27.1. The number of nitrogens with zero attached hydrogens (tertiary/aromatic N) is 4. The molecule has 0 unspecified atom stereocenters. The molecule has 0 amide bonds. The van der Waals surface area contributed by atoms with Gasteiger partial charge in [0.1, 0.15) is 11.6 Å². The van der Waals surface area contributed by atoms with Crippen molar-refractivity contribution >= 4 is 151 Å². The highest BCUT2D eigenvalue weighted by Gasteiger charge is 2.20. The van der Waals surface area contributed by atoms with Crippen LogP contribution in [0.1, 0.15) is 11.6 Å². The molecule has 0 aliphatic heterocycles. The van der Waals surface area contributed by atoms with E-state index in [1.54, 1.807) is 0 Å².